The van der Waals surface area contributed by atoms with Crippen LogP contribution < -0.4 is 21.5 Å². The average molecular weight is 472 g/mol. The third-order valence-electron chi connectivity index (χ3n) is 5.14. The van der Waals surface area contributed by atoms with Crippen molar-refractivity contribution in [2.75, 3.05) is 23.7 Å². The highest BCUT2D eigenvalue weighted by atomic mass is 19.4. The molecule has 4 N–H and O–H groups in total. The number of nitrogens with one attached hydrogen (secondary N) is 4. The van der Waals surface area contributed by atoms with Crippen LogP contribution in [0.2, 0.25) is 0 Å². The topological polar surface area (TPSA) is 94.7 Å². The summed E-state index contributed by atoms with van der Waals surface area (Å²) in [7, 11) is 0. The highest BCUT2D eigenvalue weighted by molar-refractivity contribution is 5.91. The molecule has 0 spiro atoms. The van der Waals surface area contributed by atoms with Crippen LogP contribution in [-0.4, -0.2) is 34.1 Å². The molecule has 0 amide bonds. The van der Waals surface area contributed by atoms with Crippen molar-refractivity contribution in [3.63, 3.8) is 0 Å². The van der Waals surface area contributed by atoms with E-state index in [9.17, 15) is 31.1 Å². The predicted octanol–water partition coefficient (Wildman–Crippen LogP) is 4.26. The molecule has 1 aliphatic heterocycles. The normalized spacial score (nSPS) is 15.6. The van der Waals surface area contributed by atoms with Gasteiger partial charge in [0, 0.05) is 17.9 Å². The third-order valence-corrected chi connectivity index (χ3v) is 5.14. The maximum Gasteiger partial charge on any atom is 0.416 e. The Kier molecular flexibility index (Phi) is 5.91. The molecule has 0 saturated carbocycles. The summed E-state index contributed by atoms with van der Waals surface area (Å²) in [4.78, 5) is 23.3. The van der Waals surface area contributed by atoms with E-state index in [-0.39, 0.29) is 34.8 Å². The van der Waals surface area contributed by atoms with E-state index < -0.39 is 34.7 Å². The van der Waals surface area contributed by atoms with Crippen LogP contribution in [0.15, 0.2) is 35.3 Å². The molecule has 0 radical (unpaired) electrons. The van der Waals surface area contributed by atoms with Gasteiger partial charge in [-0.1, -0.05) is 0 Å². The van der Waals surface area contributed by atoms with Crippen LogP contribution >= 0.6 is 0 Å². The van der Waals surface area contributed by atoms with Crippen molar-refractivity contribution >= 4 is 28.4 Å². The molecule has 1 saturated heterocycles. The van der Waals surface area contributed by atoms with E-state index in [1.807, 2.05) is 0 Å². The van der Waals surface area contributed by atoms with E-state index >= 15 is 0 Å². The smallest absolute Gasteiger partial charge is 0.351 e. The maximum absolute atomic E-state index is 13.2. The van der Waals surface area contributed by atoms with Crippen LogP contribution in [0.1, 0.15) is 24.0 Å². The monoisotopic (exact) mass is 472 g/mol. The van der Waals surface area contributed by atoms with Gasteiger partial charge < -0.3 is 20.9 Å². The number of pyridine rings is 1. The van der Waals surface area contributed by atoms with Crippen LogP contribution in [0, 0.1) is 0 Å². The molecule has 13 heteroatoms. The van der Waals surface area contributed by atoms with Gasteiger partial charge in [-0.3, -0.25) is 4.79 Å². The minimum Gasteiger partial charge on any atom is -0.351 e. The minimum absolute atomic E-state index is 0.0175. The molecule has 176 valence electrons. The Balaban J connectivity index is 1.79. The second kappa shape index (κ2) is 8.54. The van der Waals surface area contributed by atoms with Gasteiger partial charge in [0.2, 0.25) is 5.95 Å². The summed E-state index contributed by atoms with van der Waals surface area (Å²) in [5, 5.41) is 8.68. The Bertz CT molecular complexity index is 1180. The first-order valence-electron chi connectivity index (χ1n) is 9.94. The maximum atomic E-state index is 13.2. The van der Waals surface area contributed by atoms with Gasteiger partial charge in [0.25, 0.3) is 5.56 Å². The largest absolute Gasteiger partial charge is 0.416 e. The highest BCUT2D eigenvalue weighted by Crippen LogP contribution is 2.38. The van der Waals surface area contributed by atoms with Crippen molar-refractivity contribution in [1.82, 2.24) is 20.3 Å². The van der Waals surface area contributed by atoms with Crippen molar-refractivity contribution in [3.8, 4) is 0 Å². The molecule has 0 atom stereocenters. The molecular formula is C20H18F6N6O. The first-order chi connectivity index (χ1) is 15.5. The van der Waals surface area contributed by atoms with E-state index in [0.29, 0.717) is 12.1 Å². The number of H-pyrrole nitrogens is 1. The number of piperidine rings is 1. The molecule has 2 aromatic heterocycles. The van der Waals surface area contributed by atoms with E-state index in [1.54, 1.807) is 0 Å². The lowest BCUT2D eigenvalue weighted by atomic mass is 10.1. The molecule has 3 aromatic rings. The average Bonchev–Trinajstić information content (AvgIpc) is 2.73. The summed E-state index contributed by atoms with van der Waals surface area (Å²) in [5.41, 5.74) is -3.96. The van der Waals surface area contributed by atoms with Crippen LogP contribution in [0.4, 0.5) is 43.8 Å². The Morgan fingerprint density at radius 3 is 2.18 bits per heavy atom. The Labute approximate surface area is 182 Å². The van der Waals surface area contributed by atoms with E-state index in [4.69, 9.17) is 0 Å². The van der Waals surface area contributed by atoms with Crippen molar-refractivity contribution in [3.05, 3.63) is 51.9 Å². The van der Waals surface area contributed by atoms with Crippen molar-refractivity contribution in [1.29, 1.82) is 0 Å². The number of rotatable bonds is 4. The van der Waals surface area contributed by atoms with Crippen molar-refractivity contribution < 1.29 is 26.3 Å². The lowest BCUT2D eigenvalue weighted by molar-refractivity contribution is -0.143. The highest BCUT2D eigenvalue weighted by Gasteiger charge is 2.37. The second-order valence-corrected chi connectivity index (χ2v) is 7.55. The van der Waals surface area contributed by atoms with E-state index in [2.05, 4.69) is 30.9 Å². The molecule has 7 nitrogen and oxygen atoms in total. The Hall–Kier alpha value is -3.35. The van der Waals surface area contributed by atoms with Gasteiger partial charge >= 0.3 is 12.4 Å². The number of hydrogen-bond acceptors (Lipinski definition) is 6. The van der Waals surface area contributed by atoms with E-state index in [0.717, 1.165) is 25.9 Å². The fraction of sp³-hybridized carbons (Fsp3) is 0.350. The lowest BCUT2D eigenvalue weighted by Gasteiger charge is -2.24. The number of fused-ring (bicyclic) bond motifs is 1. The molecule has 1 aromatic carbocycles. The number of halogens is 6. The summed E-state index contributed by atoms with van der Waals surface area (Å²) in [6.45, 7) is 1.53. The van der Waals surface area contributed by atoms with Gasteiger partial charge in [0.1, 0.15) is 11.2 Å². The number of hydrogen-bond donors (Lipinski definition) is 4. The second-order valence-electron chi connectivity index (χ2n) is 7.55. The van der Waals surface area contributed by atoms with Gasteiger partial charge in [-0.15, -0.1) is 0 Å². The molecule has 4 rings (SSSR count). The summed E-state index contributed by atoms with van der Waals surface area (Å²) < 4.78 is 79.4. The summed E-state index contributed by atoms with van der Waals surface area (Å²) >= 11 is 0. The van der Waals surface area contributed by atoms with Crippen LogP contribution in [-0.2, 0) is 12.4 Å². The van der Waals surface area contributed by atoms with Gasteiger partial charge in [0.15, 0.2) is 0 Å². The number of aromatic nitrogens is 3. The van der Waals surface area contributed by atoms with Gasteiger partial charge in [-0.2, -0.15) is 31.3 Å². The first kappa shape index (κ1) is 22.8. The molecule has 33 heavy (non-hydrogen) atoms. The molecule has 3 heterocycles. The number of nitrogens with zero attached hydrogens (tertiary/aromatic N) is 2. The predicted molar refractivity (Wildman–Crippen MR) is 109 cm³/mol. The number of alkyl halides is 6. The fourth-order valence-corrected chi connectivity index (χ4v) is 3.56. The lowest BCUT2D eigenvalue weighted by Crippen LogP contribution is -2.35. The van der Waals surface area contributed by atoms with Crippen LogP contribution in [0.3, 0.4) is 0 Å². The third kappa shape index (κ3) is 5.18. The zero-order valence-corrected chi connectivity index (χ0v) is 16.9. The number of anilines is 3. The Morgan fingerprint density at radius 1 is 0.939 bits per heavy atom. The first-order valence-corrected chi connectivity index (χ1v) is 9.94. The molecule has 0 aliphatic carbocycles. The van der Waals surface area contributed by atoms with Gasteiger partial charge in [0.05, 0.1) is 16.6 Å². The van der Waals surface area contributed by atoms with Crippen molar-refractivity contribution in [2.24, 2.45) is 0 Å². The fourth-order valence-electron chi connectivity index (χ4n) is 3.56. The summed E-state index contributed by atoms with van der Waals surface area (Å²) in [5.74, 6) is -0.115. The zero-order valence-electron chi connectivity index (χ0n) is 16.9. The number of benzene rings is 1. The van der Waals surface area contributed by atoms with Crippen molar-refractivity contribution in [2.45, 2.75) is 31.2 Å². The zero-order chi connectivity index (χ0) is 23.8. The quantitative estimate of drug-likeness (QED) is 0.424. The van der Waals surface area contributed by atoms with Crippen LogP contribution in [0.5, 0.6) is 0 Å². The SMILES string of the molecule is O=c1[nH]ccc2nc(NC3CCNCC3)nc(Nc3cc(C(F)(F)F)cc(C(F)(F)F)c3)c12. The molecule has 1 fully saturated rings. The van der Waals surface area contributed by atoms with Gasteiger partial charge in [-0.25, -0.2) is 4.98 Å². The minimum atomic E-state index is -5.01. The number of aromatic amines is 1. The Morgan fingerprint density at radius 2 is 1.58 bits per heavy atom. The summed E-state index contributed by atoms with van der Waals surface area (Å²) in [6, 6.07) is 2.56. The molecule has 0 unspecified atom stereocenters. The summed E-state index contributed by atoms with van der Waals surface area (Å²) in [6.07, 6.45) is -7.15. The molecular weight excluding hydrogens is 454 g/mol. The van der Waals surface area contributed by atoms with E-state index in [1.165, 1.54) is 12.3 Å². The standard InChI is InChI=1S/C20H18F6N6O/c21-19(22,23)10-7-11(20(24,25)26)9-13(8-10)29-16-15-14(3-6-28-17(15)33)31-18(32-16)30-12-1-4-27-5-2-12/h3,6-9,12,27H,1-2,4-5H2,(H,28,33)(H2,29,30,31,32). The van der Waals surface area contributed by atoms with Gasteiger partial charge in [-0.05, 0) is 50.2 Å². The molecule has 0 bridgehead atoms. The van der Waals surface area contributed by atoms with Crippen LogP contribution in [0.25, 0.3) is 10.9 Å². The molecule has 1 aliphatic rings.